The molecule has 1 aliphatic heterocycles. The molecular formula is C20H26ClN5O3. The van der Waals surface area contributed by atoms with Crippen LogP contribution in [-0.4, -0.2) is 51.2 Å². The summed E-state index contributed by atoms with van der Waals surface area (Å²) >= 11 is 5.92. The normalized spacial score (nSPS) is 14.8. The molecule has 8 nitrogen and oxygen atoms in total. The molecule has 0 aliphatic carbocycles. The van der Waals surface area contributed by atoms with Gasteiger partial charge in [-0.2, -0.15) is 0 Å². The lowest BCUT2D eigenvalue weighted by Crippen LogP contribution is -2.42. The molecule has 9 heteroatoms. The van der Waals surface area contributed by atoms with Crippen LogP contribution < -0.4 is 10.1 Å². The summed E-state index contributed by atoms with van der Waals surface area (Å²) in [6.07, 6.45) is 2.51. The molecule has 1 aliphatic rings. The minimum atomic E-state index is -0.268. The molecule has 2 aromatic heterocycles. The van der Waals surface area contributed by atoms with Gasteiger partial charge in [-0.05, 0) is 39.8 Å². The summed E-state index contributed by atoms with van der Waals surface area (Å²) in [5.41, 5.74) is 2.40. The summed E-state index contributed by atoms with van der Waals surface area (Å²) in [5.74, 6) is 1.19. The van der Waals surface area contributed by atoms with Crippen molar-refractivity contribution in [2.24, 2.45) is 0 Å². The van der Waals surface area contributed by atoms with Gasteiger partial charge >= 0.3 is 6.09 Å². The highest BCUT2D eigenvalue weighted by Gasteiger charge is 2.26. The number of likely N-dealkylation sites (tertiary alicyclic amines) is 1. The van der Waals surface area contributed by atoms with Crippen molar-refractivity contribution in [2.75, 3.05) is 18.4 Å². The lowest BCUT2D eigenvalue weighted by atomic mass is 10.1. The van der Waals surface area contributed by atoms with Gasteiger partial charge in [0.1, 0.15) is 23.4 Å². The highest BCUT2D eigenvalue weighted by molar-refractivity contribution is 6.29. The van der Waals surface area contributed by atoms with E-state index in [2.05, 4.69) is 20.3 Å². The summed E-state index contributed by atoms with van der Waals surface area (Å²) in [6.45, 7) is 8.67. The van der Waals surface area contributed by atoms with Crippen LogP contribution in [0.3, 0.4) is 0 Å². The monoisotopic (exact) mass is 419 g/mol. The zero-order chi connectivity index (χ0) is 21.0. The van der Waals surface area contributed by atoms with Crippen molar-refractivity contribution in [2.45, 2.75) is 52.7 Å². The Morgan fingerprint density at radius 3 is 2.62 bits per heavy atom. The number of rotatable bonds is 5. The minimum absolute atomic E-state index is 0.0153. The van der Waals surface area contributed by atoms with E-state index in [-0.39, 0.29) is 18.3 Å². The number of hydrogen-bond acceptors (Lipinski definition) is 7. The smallest absolute Gasteiger partial charge is 0.410 e. The second kappa shape index (κ2) is 9.26. The number of nitrogens with zero attached hydrogens (tertiary/aromatic N) is 4. The zero-order valence-electron chi connectivity index (χ0n) is 17.1. The Morgan fingerprint density at radius 2 is 1.97 bits per heavy atom. The molecule has 0 spiro atoms. The van der Waals surface area contributed by atoms with Gasteiger partial charge in [0.15, 0.2) is 0 Å². The highest BCUT2D eigenvalue weighted by atomic mass is 35.5. The second-order valence-electron chi connectivity index (χ2n) is 7.28. The number of halogens is 1. The molecule has 29 heavy (non-hydrogen) atoms. The minimum Gasteiger partial charge on any atom is -0.474 e. The van der Waals surface area contributed by atoms with E-state index in [1.807, 2.05) is 33.8 Å². The largest absolute Gasteiger partial charge is 0.474 e. The third-order valence-corrected chi connectivity index (χ3v) is 4.87. The van der Waals surface area contributed by atoms with Gasteiger partial charge in [-0.3, -0.25) is 0 Å². The predicted octanol–water partition coefficient (Wildman–Crippen LogP) is 4.27. The number of nitrogens with one attached hydrogen (secondary N) is 1. The number of aromatic nitrogens is 3. The molecule has 1 fully saturated rings. The maximum absolute atomic E-state index is 12.0. The number of pyridine rings is 1. The zero-order valence-corrected chi connectivity index (χ0v) is 17.9. The van der Waals surface area contributed by atoms with Crippen molar-refractivity contribution in [1.29, 1.82) is 0 Å². The molecule has 3 rings (SSSR count). The molecule has 0 unspecified atom stereocenters. The Morgan fingerprint density at radius 1 is 1.24 bits per heavy atom. The standard InChI is InChI=1S/C20H26ClN5O3/c1-12(2)28-20(27)26-9-7-15(8-10-26)29-19-13(3)18(22-11-23-19)25-16-5-6-17(21)24-14(16)4/h5-6,11-12,15H,7-10H2,1-4H3,(H,22,23,25). The second-order valence-corrected chi connectivity index (χ2v) is 7.67. The maximum Gasteiger partial charge on any atom is 0.410 e. The van der Waals surface area contributed by atoms with Crippen molar-refractivity contribution < 1.29 is 14.3 Å². The fourth-order valence-corrected chi connectivity index (χ4v) is 3.25. The number of carbonyl (C=O) groups is 1. The van der Waals surface area contributed by atoms with Crippen LogP contribution in [0.4, 0.5) is 16.3 Å². The SMILES string of the molecule is Cc1nc(Cl)ccc1Nc1ncnc(OC2CCN(C(=O)OC(C)C)CC2)c1C. The van der Waals surface area contributed by atoms with Gasteiger partial charge < -0.3 is 19.7 Å². The molecular weight excluding hydrogens is 394 g/mol. The molecule has 0 saturated carbocycles. The first-order valence-corrected chi connectivity index (χ1v) is 10.0. The summed E-state index contributed by atoms with van der Waals surface area (Å²) < 4.78 is 11.4. The van der Waals surface area contributed by atoms with Crippen molar-refractivity contribution in [3.63, 3.8) is 0 Å². The lowest BCUT2D eigenvalue weighted by Gasteiger charge is -2.32. The van der Waals surface area contributed by atoms with E-state index in [1.54, 1.807) is 11.0 Å². The Hall–Kier alpha value is -2.61. The summed E-state index contributed by atoms with van der Waals surface area (Å²) in [7, 11) is 0. The fourth-order valence-electron chi connectivity index (χ4n) is 3.06. The van der Waals surface area contributed by atoms with E-state index in [1.165, 1.54) is 6.33 Å². The third kappa shape index (κ3) is 5.47. The summed E-state index contributed by atoms with van der Waals surface area (Å²) in [6, 6.07) is 3.58. The first kappa shape index (κ1) is 21.1. The Bertz CT molecular complexity index is 869. The number of ether oxygens (including phenoxy) is 2. The average Bonchev–Trinajstić information content (AvgIpc) is 2.67. The van der Waals surface area contributed by atoms with Gasteiger partial charge in [-0.15, -0.1) is 0 Å². The van der Waals surface area contributed by atoms with Crippen LogP contribution in [0.15, 0.2) is 18.5 Å². The number of hydrogen-bond donors (Lipinski definition) is 1. The molecule has 0 aromatic carbocycles. The maximum atomic E-state index is 12.0. The van der Waals surface area contributed by atoms with Gasteiger partial charge in [0.2, 0.25) is 5.88 Å². The van der Waals surface area contributed by atoms with E-state index >= 15 is 0 Å². The van der Waals surface area contributed by atoms with E-state index in [0.29, 0.717) is 29.9 Å². The van der Waals surface area contributed by atoms with Crippen LogP contribution in [-0.2, 0) is 4.74 Å². The molecule has 0 atom stereocenters. The molecule has 0 bridgehead atoms. The third-order valence-electron chi connectivity index (χ3n) is 4.66. The lowest BCUT2D eigenvalue weighted by molar-refractivity contribution is 0.0505. The van der Waals surface area contributed by atoms with Crippen LogP contribution in [0.1, 0.15) is 37.9 Å². The summed E-state index contributed by atoms with van der Waals surface area (Å²) in [4.78, 5) is 26.6. The fraction of sp³-hybridized carbons (Fsp3) is 0.500. The molecule has 156 valence electrons. The van der Waals surface area contributed by atoms with Crippen LogP contribution in [0, 0.1) is 13.8 Å². The number of anilines is 2. The number of amides is 1. The Balaban J connectivity index is 1.62. The van der Waals surface area contributed by atoms with Crippen LogP contribution in [0.25, 0.3) is 0 Å². The van der Waals surface area contributed by atoms with E-state index in [4.69, 9.17) is 21.1 Å². The van der Waals surface area contributed by atoms with Gasteiger partial charge in [0.25, 0.3) is 0 Å². The van der Waals surface area contributed by atoms with Gasteiger partial charge in [-0.1, -0.05) is 11.6 Å². The molecule has 0 radical (unpaired) electrons. The summed E-state index contributed by atoms with van der Waals surface area (Å²) in [5, 5.41) is 3.71. The molecule has 1 amide bonds. The van der Waals surface area contributed by atoms with Crippen LogP contribution in [0.2, 0.25) is 5.15 Å². The van der Waals surface area contributed by atoms with E-state index in [0.717, 1.165) is 29.8 Å². The van der Waals surface area contributed by atoms with Crippen molar-refractivity contribution in [3.8, 4) is 5.88 Å². The van der Waals surface area contributed by atoms with Gasteiger partial charge in [0, 0.05) is 25.9 Å². The van der Waals surface area contributed by atoms with Crippen LogP contribution in [0.5, 0.6) is 5.88 Å². The van der Waals surface area contributed by atoms with Crippen molar-refractivity contribution >= 4 is 29.2 Å². The highest BCUT2D eigenvalue weighted by Crippen LogP contribution is 2.27. The first-order valence-electron chi connectivity index (χ1n) is 9.67. The van der Waals surface area contributed by atoms with Crippen LogP contribution >= 0.6 is 11.6 Å². The van der Waals surface area contributed by atoms with E-state index in [9.17, 15) is 4.79 Å². The molecule has 1 saturated heterocycles. The first-order chi connectivity index (χ1) is 13.8. The number of piperidine rings is 1. The predicted molar refractivity (Wildman–Crippen MR) is 111 cm³/mol. The topological polar surface area (TPSA) is 89.5 Å². The Kier molecular flexibility index (Phi) is 6.74. The molecule has 3 heterocycles. The van der Waals surface area contributed by atoms with Gasteiger partial charge in [-0.25, -0.2) is 19.7 Å². The average molecular weight is 420 g/mol. The molecule has 1 N–H and O–H groups in total. The number of aryl methyl sites for hydroxylation is 1. The Labute approximate surface area is 175 Å². The number of carbonyl (C=O) groups excluding carboxylic acids is 1. The van der Waals surface area contributed by atoms with Gasteiger partial charge in [0.05, 0.1) is 23.0 Å². The quantitative estimate of drug-likeness (QED) is 0.723. The molecule has 2 aromatic rings. The van der Waals surface area contributed by atoms with E-state index < -0.39 is 0 Å². The van der Waals surface area contributed by atoms with Crippen molar-refractivity contribution in [1.82, 2.24) is 19.9 Å². The van der Waals surface area contributed by atoms with Crippen molar-refractivity contribution in [3.05, 3.63) is 34.9 Å².